The van der Waals surface area contributed by atoms with Crippen LogP contribution in [-0.4, -0.2) is 39.1 Å². The molecule has 1 fully saturated rings. The number of benzene rings is 1. The van der Waals surface area contributed by atoms with Gasteiger partial charge in [-0.25, -0.2) is 9.97 Å². The van der Waals surface area contributed by atoms with E-state index in [0.717, 1.165) is 37.3 Å². The summed E-state index contributed by atoms with van der Waals surface area (Å²) in [5.41, 5.74) is 1.87. The fourth-order valence-electron chi connectivity index (χ4n) is 3.10. The first-order valence-electron chi connectivity index (χ1n) is 8.56. The second kappa shape index (κ2) is 6.87. The maximum atomic E-state index is 12.6. The van der Waals surface area contributed by atoms with Crippen molar-refractivity contribution in [2.75, 3.05) is 23.3 Å². The molecule has 1 aliphatic heterocycles. The number of aromatic amines is 1. The molecule has 4 rings (SSSR count). The van der Waals surface area contributed by atoms with Crippen molar-refractivity contribution >= 4 is 17.4 Å². The Balaban J connectivity index is 1.65. The predicted octanol–water partition coefficient (Wildman–Crippen LogP) is 3.03. The molecule has 2 aromatic heterocycles. The van der Waals surface area contributed by atoms with Crippen molar-refractivity contribution in [3.63, 3.8) is 0 Å². The number of H-pyrrole nitrogens is 1. The lowest BCUT2D eigenvalue weighted by Crippen LogP contribution is -2.21. The van der Waals surface area contributed by atoms with E-state index in [4.69, 9.17) is 0 Å². The molecular formula is C19H19N5O2. The molecular weight excluding hydrogens is 330 g/mol. The fourth-order valence-corrected chi connectivity index (χ4v) is 3.10. The van der Waals surface area contributed by atoms with Crippen LogP contribution in [0, 0.1) is 0 Å². The molecule has 0 atom stereocenters. The number of aromatic nitrogens is 3. The smallest absolute Gasteiger partial charge is 0.257 e. The molecule has 1 saturated heterocycles. The van der Waals surface area contributed by atoms with Gasteiger partial charge in [-0.1, -0.05) is 0 Å². The van der Waals surface area contributed by atoms with E-state index < -0.39 is 0 Å². The summed E-state index contributed by atoms with van der Waals surface area (Å²) in [6.07, 6.45) is 7.32. The normalized spacial score (nSPS) is 13.8. The summed E-state index contributed by atoms with van der Waals surface area (Å²) in [4.78, 5) is 26.8. The number of aromatic hydroxyl groups is 1. The molecule has 0 aliphatic carbocycles. The molecule has 1 aromatic carbocycles. The maximum Gasteiger partial charge on any atom is 0.257 e. The van der Waals surface area contributed by atoms with Gasteiger partial charge < -0.3 is 20.3 Å². The van der Waals surface area contributed by atoms with Crippen molar-refractivity contribution in [1.82, 2.24) is 15.0 Å². The predicted molar refractivity (Wildman–Crippen MR) is 99.3 cm³/mol. The lowest BCUT2D eigenvalue weighted by atomic mass is 10.1. The Morgan fingerprint density at radius 1 is 1.15 bits per heavy atom. The van der Waals surface area contributed by atoms with Crippen LogP contribution in [0.5, 0.6) is 5.75 Å². The number of amides is 1. The fraction of sp³-hybridized carbons (Fsp3) is 0.211. The summed E-state index contributed by atoms with van der Waals surface area (Å²) in [7, 11) is 0. The van der Waals surface area contributed by atoms with E-state index in [-0.39, 0.29) is 11.7 Å². The van der Waals surface area contributed by atoms with Crippen molar-refractivity contribution < 1.29 is 9.90 Å². The number of anilines is 2. The van der Waals surface area contributed by atoms with Gasteiger partial charge in [0.15, 0.2) is 0 Å². The topological polar surface area (TPSA) is 94.1 Å². The minimum atomic E-state index is -0.260. The van der Waals surface area contributed by atoms with Gasteiger partial charge in [-0.3, -0.25) is 4.79 Å². The standard InChI is InChI=1S/C19H19N5O2/c25-15-5-3-14(4-6-15)23-19(26)13-11-16(17-20-7-8-21-17)18(22-12-13)24-9-1-2-10-24/h3-8,11-12,25H,1-2,9-10H2,(H,20,21)(H,23,26). The second-order valence-corrected chi connectivity index (χ2v) is 6.23. The van der Waals surface area contributed by atoms with E-state index in [1.165, 1.54) is 12.1 Å². The number of carbonyl (C=O) groups excluding carboxylic acids is 1. The largest absolute Gasteiger partial charge is 0.508 e. The van der Waals surface area contributed by atoms with E-state index in [0.29, 0.717) is 17.1 Å². The molecule has 0 saturated carbocycles. The summed E-state index contributed by atoms with van der Waals surface area (Å²) in [6.45, 7) is 1.92. The molecule has 0 spiro atoms. The summed E-state index contributed by atoms with van der Waals surface area (Å²) in [5.74, 6) is 1.43. The second-order valence-electron chi connectivity index (χ2n) is 6.23. The van der Waals surface area contributed by atoms with Crippen LogP contribution in [0.3, 0.4) is 0 Å². The number of nitrogens with zero attached hydrogens (tertiary/aromatic N) is 3. The zero-order valence-corrected chi connectivity index (χ0v) is 14.1. The van der Waals surface area contributed by atoms with Crippen molar-refractivity contribution in [3.05, 3.63) is 54.5 Å². The number of hydrogen-bond donors (Lipinski definition) is 3. The number of nitrogens with one attached hydrogen (secondary N) is 2. The first kappa shape index (κ1) is 16.1. The van der Waals surface area contributed by atoms with Gasteiger partial charge in [-0.2, -0.15) is 0 Å². The van der Waals surface area contributed by atoms with Crippen LogP contribution in [-0.2, 0) is 0 Å². The molecule has 3 N–H and O–H groups in total. The van der Waals surface area contributed by atoms with Gasteiger partial charge in [0, 0.05) is 37.4 Å². The number of hydrogen-bond acceptors (Lipinski definition) is 5. The minimum Gasteiger partial charge on any atom is -0.508 e. The van der Waals surface area contributed by atoms with E-state index in [1.807, 2.05) is 6.07 Å². The third-order valence-electron chi connectivity index (χ3n) is 4.41. The zero-order chi connectivity index (χ0) is 17.9. The average Bonchev–Trinajstić information content (AvgIpc) is 3.37. The quantitative estimate of drug-likeness (QED) is 0.630. The van der Waals surface area contributed by atoms with Crippen molar-refractivity contribution in [3.8, 4) is 17.1 Å². The van der Waals surface area contributed by atoms with Crippen LogP contribution < -0.4 is 10.2 Å². The van der Waals surface area contributed by atoms with Crippen molar-refractivity contribution in [2.24, 2.45) is 0 Å². The van der Waals surface area contributed by atoms with Gasteiger partial charge in [0.2, 0.25) is 0 Å². The van der Waals surface area contributed by atoms with Gasteiger partial charge in [-0.05, 0) is 43.2 Å². The molecule has 1 amide bonds. The van der Waals surface area contributed by atoms with Crippen molar-refractivity contribution in [1.29, 1.82) is 0 Å². The van der Waals surface area contributed by atoms with Gasteiger partial charge >= 0.3 is 0 Å². The van der Waals surface area contributed by atoms with Gasteiger partial charge in [-0.15, -0.1) is 0 Å². The monoisotopic (exact) mass is 349 g/mol. The van der Waals surface area contributed by atoms with Crippen LogP contribution in [0.2, 0.25) is 0 Å². The molecule has 26 heavy (non-hydrogen) atoms. The number of rotatable bonds is 4. The van der Waals surface area contributed by atoms with Gasteiger partial charge in [0.25, 0.3) is 5.91 Å². The first-order valence-corrected chi connectivity index (χ1v) is 8.56. The summed E-state index contributed by atoms with van der Waals surface area (Å²) < 4.78 is 0. The zero-order valence-electron chi connectivity index (χ0n) is 14.1. The van der Waals surface area contributed by atoms with Gasteiger partial charge in [0.05, 0.1) is 11.1 Å². The Kier molecular flexibility index (Phi) is 4.27. The van der Waals surface area contributed by atoms with E-state index in [2.05, 4.69) is 25.2 Å². The lowest BCUT2D eigenvalue weighted by Gasteiger charge is -2.19. The number of pyridine rings is 1. The van der Waals surface area contributed by atoms with E-state index in [9.17, 15) is 9.90 Å². The Morgan fingerprint density at radius 3 is 2.62 bits per heavy atom. The third kappa shape index (κ3) is 3.23. The molecule has 1 aliphatic rings. The van der Waals surface area contributed by atoms with E-state index >= 15 is 0 Å². The Labute approximate surface area is 150 Å². The molecule has 0 bridgehead atoms. The SMILES string of the molecule is O=C(Nc1ccc(O)cc1)c1cnc(N2CCCC2)c(-c2ncc[nH]2)c1. The highest BCUT2D eigenvalue weighted by Gasteiger charge is 2.21. The van der Waals surface area contributed by atoms with Crippen LogP contribution in [0.4, 0.5) is 11.5 Å². The highest BCUT2D eigenvalue weighted by molar-refractivity contribution is 6.05. The van der Waals surface area contributed by atoms with Crippen LogP contribution >= 0.6 is 0 Å². The number of carbonyl (C=O) groups is 1. The summed E-state index contributed by atoms with van der Waals surface area (Å²) >= 11 is 0. The average molecular weight is 349 g/mol. The molecule has 0 unspecified atom stereocenters. The maximum absolute atomic E-state index is 12.6. The van der Waals surface area contributed by atoms with E-state index in [1.54, 1.807) is 30.7 Å². The highest BCUT2D eigenvalue weighted by atomic mass is 16.3. The molecule has 3 heterocycles. The molecule has 3 aromatic rings. The van der Waals surface area contributed by atoms with Crippen LogP contribution in [0.1, 0.15) is 23.2 Å². The summed E-state index contributed by atoms with van der Waals surface area (Å²) in [5, 5.41) is 12.2. The molecule has 132 valence electrons. The summed E-state index contributed by atoms with van der Waals surface area (Å²) in [6, 6.07) is 8.16. The molecule has 7 heteroatoms. The number of phenols is 1. The minimum absolute atomic E-state index is 0.153. The third-order valence-corrected chi connectivity index (χ3v) is 4.41. The van der Waals surface area contributed by atoms with Crippen molar-refractivity contribution in [2.45, 2.75) is 12.8 Å². The number of imidazole rings is 1. The van der Waals surface area contributed by atoms with Gasteiger partial charge in [0.1, 0.15) is 17.4 Å². The number of phenolic OH excluding ortho intramolecular Hbond substituents is 1. The Hall–Kier alpha value is -3.35. The molecule has 7 nitrogen and oxygen atoms in total. The highest BCUT2D eigenvalue weighted by Crippen LogP contribution is 2.30. The molecule has 0 radical (unpaired) electrons. The van der Waals surface area contributed by atoms with Crippen LogP contribution in [0.15, 0.2) is 48.9 Å². The Morgan fingerprint density at radius 2 is 1.92 bits per heavy atom. The lowest BCUT2D eigenvalue weighted by molar-refractivity contribution is 0.102. The Bertz CT molecular complexity index is 900. The van der Waals surface area contributed by atoms with Crippen LogP contribution in [0.25, 0.3) is 11.4 Å². The first-order chi connectivity index (χ1) is 12.7.